The third-order valence-electron chi connectivity index (χ3n) is 11.2. The molecule has 12 aromatic rings. The highest BCUT2D eigenvalue weighted by Crippen LogP contribution is 2.46. The maximum Gasteiger partial charge on any atom is 0.161 e. The molecule has 4 aromatic heterocycles. The minimum atomic E-state index is 0.724. The van der Waals surface area contributed by atoms with Crippen molar-refractivity contribution in [2.75, 3.05) is 0 Å². The molecule has 0 bridgehead atoms. The number of nitrogens with zero attached hydrogens (tertiary/aromatic N) is 3. The van der Waals surface area contributed by atoms with Gasteiger partial charge >= 0.3 is 0 Å². The Hall–Kier alpha value is -6.92. The molecule has 12 rings (SSSR count). The first-order valence-corrected chi connectivity index (χ1v) is 20.8. The number of benzene rings is 8. The van der Waals surface area contributed by atoms with E-state index in [0.29, 0.717) is 0 Å². The van der Waals surface area contributed by atoms with Gasteiger partial charge in [0.05, 0.1) is 27.1 Å². The molecular weight excluding hydrogens is 731 g/mol. The van der Waals surface area contributed by atoms with Gasteiger partial charge in [0.1, 0.15) is 0 Å². The third-order valence-corrected chi connectivity index (χ3v) is 13.7. The summed E-state index contributed by atoms with van der Waals surface area (Å²) in [6, 6.07) is 67.6. The zero-order valence-electron chi connectivity index (χ0n) is 30.6. The monoisotopic (exact) mass is 761 g/mol. The van der Waals surface area contributed by atoms with Gasteiger partial charge < -0.3 is 4.57 Å². The average Bonchev–Trinajstić information content (AvgIpc) is 3.96. The summed E-state index contributed by atoms with van der Waals surface area (Å²) in [6.45, 7) is 0. The Morgan fingerprint density at radius 3 is 1.82 bits per heavy atom. The minimum absolute atomic E-state index is 0.724. The van der Waals surface area contributed by atoms with Crippen molar-refractivity contribution in [3.05, 3.63) is 188 Å². The average molecular weight is 762 g/mol. The second-order valence-corrected chi connectivity index (χ2v) is 16.6. The van der Waals surface area contributed by atoms with Gasteiger partial charge in [-0.1, -0.05) is 140 Å². The summed E-state index contributed by atoms with van der Waals surface area (Å²) in [5, 5.41) is 7.50. The lowest BCUT2D eigenvalue weighted by atomic mass is 10.0. The van der Waals surface area contributed by atoms with Gasteiger partial charge in [-0.3, -0.25) is 0 Å². The van der Waals surface area contributed by atoms with Gasteiger partial charge in [-0.15, -0.1) is 22.7 Å². The van der Waals surface area contributed by atoms with Crippen molar-refractivity contribution in [3.8, 4) is 50.7 Å². The summed E-state index contributed by atoms with van der Waals surface area (Å²) in [4.78, 5) is 10.8. The molecule has 0 radical (unpaired) electrons. The first kappa shape index (κ1) is 32.3. The predicted octanol–water partition coefficient (Wildman–Crippen LogP) is 15.0. The van der Waals surface area contributed by atoms with Crippen LogP contribution in [0.15, 0.2) is 188 Å². The Morgan fingerprint density at radius 1 is 0.368 bits per heavy atom. The van der Waals surface area contributed by atoms with E-state index in [1.165, 1.54) is 73.3 Å². The van der Waals surface area contributed by atoms with E-state index in [2.05, 4.69) is 193 Å². The number of aromatic nitrogens is 3. The van der Waals surface area contributed by atoms with E-state index in [9.17, 15) is 0 Å². The Balaban J connectivity index is 1.09. The first-order valence-electron chi connectivity index (χ1n) is 19.1. The van der Waals surface area contributed by atoms with Crippen LogP contribution in [-0.2, 0) is 0 Å². The number of para-hydroxylation sites is 2. The van der Waals surface area contributed by atoms with Crippen LogP contribution >= 0.6 is 22.7 Å². The Kier molecular flexibility index (Phi) is 7.27. The molecule has 0 fully saturated rings. The molecule has 0 aliphatic carbocycles. The number of hydrogen-bond acceptors (Lipinski definition) is 4. The topological polar surface area (TPSA) is 30.7 Å². The minimum Gasteiger partial charge on any atom is -0.308 e. The zero-order chi connectivity index (χ0) is 37.5. The molecule has 0 N–H and O–H groups in total. The van der Waals surface area contributed by atoms with Gasteiger partial charge in [-0.25, -0.2) is 9.97 Å². The van der Waals surface area contributed by atoms with Crippen LogP contribution < -0.4 is 0 Å². The van der Waals surface area contributed by atoms with Crippen molar-refractivity contribution in [1.82, 2.24) is 14.5 Å². The largest absolute Gasteiger partial charge is 0.308 e. The fraction of sp³-hybridized carbons (Fsp3) is 0. The molecule has 0 aliphatic heterocycles. The summed E-state index contributed by atoms with van der Waals surface area (Å²) in [5.74, 6) is 0.724. The number of rotatable bonds is 5. The highest BCUT2D eigenvalue weighted by atomic mass is 32.1. The fourth-order valence-electron chi connectivity index (χ4n) is 8.54. The normalized spacial score (nSPS) is 11.9. The van der Waals surface area contributed by atoms with Crippen LogP contribution in [0.3, 0.4) is 0 Å². The summed E-state index contributed by atoms with van der Waals surface area (Å²) in [7, 11) is 0. The number of hydrogen-bond donors (Lipinski definition) is 0. The van der Waals surface area contributed by atoms with E-state index in [1.807, 2.05) is 22.7 Å². The molecule has 0 amide bonds. The lowest BCUT2D eigenvalue weighted by Gasteiger charge is -2.11. The number of fused-ring (bicyclic) bond motifs is 10. The molecule has 0 spiro atoms. The molecule has 57 heavy (non-hydrogen) atoms. The van der Waals surface area contributed by atoms with E-state index in [4.69, 9.17) is 9.97 Å². The van der Waals surface area contributed by atoms with Crippen LogP contribution in [0.4, 0.5) is 0 Å². The fourth-order valence-corrected chi connectivity index (χ4v) is 11.0. The van der Waals surface area contributed by atoms with Gasteiger partial charge in [0.2, 0.25) is 0 Å². The summed E-state index contributed by atoms with van der Waals surface area (Å²) < 4.78 is 7.45. The van der Waals surface area contributed by atoms with Gasteiger partial charge in [0.25, 0.3) is 0 Å². The summed E-state index contributed by atoms with van der Waals surface area (Å²) in [6.07, 6.45) is 0. The second kappa shape index (κ2) is 12.8. The predicted molar refractivity (Wildman–Crippen MR) is 244 cm³/mol. The maximum atomic E-state index is 5.41. The van der Waals surface area contributed by atoms with Crippen LogP contribution in [0.5, 0.6) is 0 Å². The van der Waals surface area contributed by atoms with Crippen molar-refractivity contribution in [3.63, 3.8) is 0 Å². The maximum absolute atomic E-state index is 5.41. The molecule has 0 atom stereocenters. The van der Waals surface area contributed by atoms with Gasteiger partial charge in [-0.05, 0) is 59.7 Å². The summed E-state index contributed by atoms with van der Waals surface area (Å²) in [5.41, 5.74) is 10.9. The first-order chi connectivity index (χ1) is 28.2. The smallest absolute Gasteiger partial charge is 0.161 e. The van der Waals surface area contributed by atoms with E-state index in [1.54, 1.807) is 0 Å². The Labute approximate surface area is 336 Å². The molecule has 5 heteroatoms. The van der Waals surface area contributed by atoms with Crippen LogP contribution in [0.1, 0.15) is 0 Å². The lowest BCUT2D eigenvalue weighted by molar-refractivity contribution is 1.19. The number of thiophene rings is 2. The van der Waals surface area contributed by atoms with Gasteiger partial charge in [0, 0.05) is 68.8 Å². The molecule has 8 aromatic carbocycles. The van der Waals surface area contributed by atoms with Crippen molar-refractivity contribution >= 4 is 84.8 Å². The van der Waals surface area contributed by atoms with E-state index < -0.39 is 0 Å². The quantitative estimate of drug-likeness (QED) is 0.175. The van der Waals surface area contributed by atoms with E-state index in [0.717, 1.165) is 39.6 Å². The van der Waals surface area contributed by atoms with Crippen molar-refractivity contribution in [2.24, 2.45) is 0 Å². The molecule has 0 saturated carbocycles. The van der Waals surface area contributed by atoms with E-state index >= 15 is 0 Å². The van der Waals surface area contributed by atoms with E-state index in [-0.39, 0.29) is 0 Å². The van der Waals surface area contributed by atoms with Gasteiger partial charge in [-0.2, -0.15) is 0 Å². The van der Waals surface area contributed by atoms with Gasteiger partial charge in [0.15, 0.2) is 5.82 Å². The molecular formula is C52H31N3S2. The van der Waals surface area contributed by atoms with Crippen LogP contribution in [0.2, 0.25) is 0 Å². The molecule has 0 aliphatic rings. The van der Waals surface area contributed by atoms with Crippen LogP contribution in [0.25, 0.3) is 113 Å². The molecule has 4 heterocycles. The zero-order valence-corrected chi connectivity index (χ0v) is 32.2. The molecule has 0 unspecified atom stereocenters. The Bertz CT molecular complexity index is 3500. The SMILES string of the molecule is c1ccc(-c2ccc(-c3cc(-c4ccc5sc6ccccc6c5c4)nc(-c4cccc5c4sc4c5ccc5c6ccccc6n(-c6ccccc6)c54)n3)cc2)cc1. The molecule has 266 valence electrons. The van der Waals surface area contributed by atoms with Crippen molar-refractivity contribution < 1.29 is 0 Å². The van der Waals surface area contributed by atoms with Crippen LogP contribution in [-0.4, -0.2) is 14.5 Å². The highest BCUT2D eigenvalue weighted by molar-refractivity contribution is 7.27. The van der Waals surface area contributed by atoms with Crippen molar-refractivity contribution in [1.29, 1.82) is 0 Å². The standard InChI is InChI=1S/C52H31N3S2/c1-3-12-32(13-4-1)33-22-24-34(25-23-33)44-31-45(35-26-29-48-43(30-35)38-17-8-10-21-47(38)56-48)54-52(53-44)42-19-11-18-40-41-28-27-39-37-16-7-9-20-46(37)55(36-14-5-2-6-15-36)49(39)51(41)57-50(40)42/h1-31H. The molecule has 0 saturated heterocycles. The lowest BCUT2D eigenvalue weighted by Crippen LogP contribution is -1.96. The second-order valence-electron chi connectivity index (χ2n) is 14.5. The Morgan fingerprint density at radius 2 is 0.982 bits per heavy atom. The highest BCUT2D eigenvalue weighted by Gasteiger charge is 2.21. The third kappa shape index (κ3) is 5.17. The van der Waals surface area contributed by atoms with Crippen molar-refractivity contribution in [2.45, 2.75) is 0 Å². The molecule has 3 nitrogen and oxygen atoms in total. The summed E-state index contributed by atoms with van der Waals surface area (Å²) >= 11 is 3.68. The van der Waals surface area contributed by atoms with Crippen LogP contribution in [0, 0.1) is 0 Å².